The Bertz CT molecular complexity index is 964. The lowest BCUT2D eigenvalue weighted by atomic mass is 9.97. The quantitative estimate of drug-likeness (QED) is 0.588. The van der Waals surface area contributed by atoms with Crippen LogP contribution in [0.4, 0.5) is 19.3 Å². The molecule has 0 unspecified atom stereocenters. The number of ether oxygens (including phenoxy) is 2. The first-order valence-electron chi connectivity index (χ1n) is 10.9. The molecular formula is C24H27F2N3O5. The van der Waals surface area contributed by atoms with Crippen LogP contribution in [0.2, 0.25) is 0 Å². The predicted octanol–water partition coefficient (Wildman–Crippen LogP) is 3.73. The highest BCUT2D eigenvalue weighted by molar-refractivity contribution is 5.89. The van der Waals surface area contributed by atoms with Crippen LogP contribution in [0, 0.1) is 5.92 Å². The summed E-state index contributed by atoms with van der Waals surface area (Å²) in [6, 6.07) is 14.9. The summed E-state index contributed by atoms with van der Waals surface area (Å²) in [5.41, 5.74) is 1.42. The Labute approximate surface area is 196 Å². The van der Waals surface area contributed by atoms with Crippen molar-refractivity contribution in [3.63, 3.8) is 0 Å². The maximum atomic E-state index is 12.4. The fourth-order valence-corrected chi connectivity index (χ4v) is 3.54. The van der Waals surface area contributed by atoms with E-state index in [9.17, 15) is 23.2 Å². The molecule has 182 valence electrons. The fraction of sp³-hybridized carbons (Fsp3) is 0.375. The van der Waals surface area contributed by atoms with Gasteiger partial charge in [0.05, 0.1) is 5.92 Å². The normalized spacial score (nSPS) is 13.9. The van der Waals surface area contributed by atoms with Gasteiger partial charge in [0, 0.05) is 32.4 Å². The molecule has 0 radical (unpaired) electrons. The smallest absolute Gasteiger partial charge is 0.387 e. The lowest BCUT2D eigenvalue weighted by Crippen LogP contribution is -2.43. The molecule has 8 nitrogen and oxygen atoms in total. The van der Waals surface area contributed by atoms with E-state index in [4.69, 9.17) is 4.74 Å². The lowest BCUT2D eigenvalue weighted by molar-refractivity contribution is -0.156. The number of amides is 3. The number of esters is 1. The van der Waals surface area contributed by atoms with E-state index in [-0.39, 0.29) is 30.2 Å². The van der Waals surface area contributed by atoms with Crippen LogP contribution < -0.4 is 10.1 Å². The molecule has 0 aliphatic carbocycles. The summed E-state index contributed by atoms with van der Waals surface area (Å²) in [4.78, 5) is 40.1. The molecule has 1 aliphatic heterocycles. The number of benzene rings is 2. The van der Waals surface area contributed by atoms with Gasteiger partial charge in [0.1, 0.15) is 5.75 Å². The molecule has 10 heteroatoms. The number of hydrogen-bond donors (Lipinski definition) is 1. The fourth-order valence-electron chi connectivity index (χ4n) is 3.54. The van der Waals surface area contributed by atoms with E-state index in [1.54, 1.807) is 36.2 Å². The number of urea groups is 1. The minimum absolute atomic E-state index is 0.0326. The molecule has 0 saturated carbocycles. The summed E-state index contributed by atoms with van der Waals surface area (Å²) in [6.07, 6.45) is 0.913. The molecule has 0 bridgehead atoms. The van der Waals surface area contributed by atoms with E-state index in [2.05, 4.69) is 10.1 Å². The van der Waals surface area contributed by atoms with E-state index in [0.29, 0.717) is 37.2 Å². The summed E-state index contributed by atoms with van der Waals surface area (Å²) in [7, 11) is 1.56. The SMILES string of the molecule is CN(Cc1ccc(OC(F)F)cc1)C(=O)COC(=O)C1CCN(C(=O)Nc2ccccc2)CC1. The number of rotatable bonds is 8. The van der Waals surface area contributed by atoms with Crippen LogP contribution in [-0.2, 0) is 20.9 Å². The van der Waals surface area contributed by atoms with Crippen molar-refractivity contribution in [2.75, 3.05) is 32.1 Å². The van der Waals surface area contributed by atoms with Gasteiger partial charge in [0.25, 0.3) is 5.91 Å². The average molecular weight is 475 g/mol. The highest BCUT2D eigenvalue weighted by Gasteiger charge is 2.29. The number of nitrogens with zero attached hydrogens (tertiary/aromatic N) is 2. The molecule has 34 heavy (non-hydrogen) atoms. The highest BCUT2D eigenvalue weighted by atomic mass is 19.3. The van der Waals surface area contributed by atoms with E-state index < -0.39 is 19.2 Å². The topological polar surface area (TPSA) is 88.2 Å². The number of anilines is 1. The molecule has 0 aromatic heterocycles. The minimum atomic E-state index is -2.90. The number of nitrogens with one attached hydrogen (secondary N) is 1. The van der Waals surface area contributed by atoms with Gasteiger partial charge in [-0.15, -0.1) is 0 Å². The number of halogens is 2. The van der Waals surface area contributed by atoms with Crippen molar-refractivity contribution in [2.24, 2.45) is 5.92 Å². The number of para-hydroxylation sites is 1. The highest BCUT2D eigenvalue weighted by Crippen LogP contribution is 2.20. The Morgan fingerprint density at radius 2 is 1.71 bits per heavy atom. The minimum Gasteiger partial charge on any atom is -0.455 e. The van der Waals surface area contributed by atoms with Crippen LogP contribution >= 0.6 is 0 Å². The number of likely N-dealkylation sites (N-methyl/N-ethyl adjacent to an activating group) is 1. The first-order valence-corrected chi connectivity index (χ1v) is 10.9. The van der Waals surface area contributed by atoms with Crippen molar-refractivity contribution >= 4 is 23.6 Å². The monoisotopic (exact) mass is 475 g/mol. The van der Waals surface area contributed by atoms with Crippen LogP contribution in [0.15, 0.2) is 54.6 Å². The van der Waals surface area contributed by atoms with Gasteiger partial charge in [-0.1, -0.05) is 30.3 Å². The first kappa shape index (κ1) is 24.9. The number of carbonyl (C=O) groups excluding carboxylic acids is 3. The number of piperidine rings is 1. The van der Waals surface area contributed by atoms with Crippen molar-refractivity contribution in [1.29, 1.82) is 0 Å². The third-order valence-electron chi connectivity index (χ3n) is 5.47. The van der Waals surface area contributed by atoms with Crippen LogP contribution in [0.5, 0.6) is 5.75 Å². The second-order valence-electron chi connectivity index (χ2n) is 7.94. The molecule has 1 fully saturated rings. The average Bonchev–Trinajstić information content (AvgIpc) is 2.84. The van der Waals surface area contributed by atoms with Gasteiger partial charge in [-0.2, -0.15) is 8.78 Å². The van der Waals surface area contributed by atoms with Gasteiger partial charge in [0.15, 0.2) is 6.61 Å². The van der Waals surface area contributed by atoms with Gasteiger partial charge in [-0.05, 0) is 42.7 Å². The maximum Gasteiger partial charge on any atom is 0.387 e. The zero-order valence-electron chi connectivity index (χ0n) is 18.8. The van der Waals surface area contributed by atoms with Crippen molar-refractivity contribution in [3.8, 4) is 5.75 Å². The van der Waals surface area contributed by atoms with E-state index in [0.717, 1.165) is 0 Å². The second kappa shape index (κ2) is 12.0. The van der Waals surface area contributed by atoms with Gasteiger partial charge in [0.2, 0.25) is 0 Å². The summed E-state index contributed by atoms with van der Waals surface area (Å²) >= 11 is 0. The van der Waals surface area contributed by atoms with E-state index >= 15 is 0 Å². The molecule has 0 spiro atoms. The van der Waals surface area contributed by atoms with Gasteiger partial charge in [-0.25, -0.2) is 4.79 Å². The molecular weight excluding hydrogens is 448 g/mol. The molecule has 3 rings (SSSR count). The standard InChI is InChI=1S/C24H27F2N3O5/c1-28(15-17-7-9-20(10-8-17)34-23(25)26)21(30)16-33-22(31)18-11-13-29(14-12-18)24(32)27-19-5-3-2-4-6-19/h2-10,18,23H,11-16H2,1H3,(H,27,32). The molecule has 0 atom stereocenters. The molecule has 1 aliphatic rings. The van der Waals surface area contributed by atoms with Crippen molar-refractivity contribution in [3.05, 3.63) is 60.2 Å². The van der Waals surface area contributed by atoms with E-state index in [1.165, 1.54) is 17.0 Å². The van der Waals surface area contributed by atoms with Gasteiger partial charge in [-0.3, -0.25) is 9.59 Å². The summed E-state index contributed by atoms with van der Waals surface area (Å²) in [6.45, 7) is -2.24. The number of alkyl halides is 2. The Hall–Kier alpha value is -3.69. The van der Waals surface area contributed by atoms with Crippen LogP contribution in [-0.4, -0.2) is 61.1 Å². The molecule has 2 aromatic rings. The van der Waals surface area contributed by atoms with Crippen LogP contribution in [0.1, 0.15) is 18.4 Å². The molecule has 1 heterocycles. The van der Waals surface area contributed by atoms with Crippen LogP contribution in [0.3, 0.4) is 0 Å². The number of hydrogen-bond acceptors (Lipinski definition) is 5. The lowest BCUT2D eigenvalue weighted by Gasteiger charge is -2.31. The van der Waals surface area contributed by atoms with Crippen molar-refractivity contribution in [2.45, 2.75) is 26.0 Å². The predicted molar refractivity (Wildman–Crippen MR) is 120 cm³/mol. The Balaban J connectivity index is 1.38. The zero-order valence-corrected chi connectivity index (χ0v) is 18.8. The molecule has 1 saturated heterocycles. The van der Waals surface area contributed by atoms with Crippen molar-refractivity contribution in [1.82, 2.24) is 9.80 Å². The Morgan fingerprint density at radius 1 is 1.06 bits per heavy atom. The number of likely N-dealkylation sites (tertiary alicyclic amines) is 1. The summed E-state index contributed by atoms with van der Waals surface area (Å²) < 4.78 is 33.9. The largest absolute Gasteiger partial charge is 0.455 e. The van der Waals surface area contributed by atoms with Gasteiger partial charge >= 0.3 is 18.6 Å². The Morgan fingerprint density at radius 3 is 2.32 bits per heavy atom. The third-order valence-corrected chi connectivity index (χ3v) is 5.47. The third kappa shape index (κ3) is 7.43. The first-order chi connectivity index (χ1) is 16.3. The molecule has 1 N–H and O–H groups in total. The van der Waals surface area contributed by atoms with Gasteiger partial charge < -0.3 is 24.6 Å². The Kier molecular flexibility index (Phi) is 8.78. The summed E-state index contributed by atoms with van der Waals surface area (Å²) in [5, 5.41) is 2.82. The molecule has 2 aromatic carbocycles. The van der Waals surface area contributed by atoms with E-state index in [1.807, 2.05) is 18.2 Å². The number of carbonyl (C=O) groups is 3. The zero-order chi connectivity index (χ0) is 24.5. The van der Waals surface area contributed by atoms with Crippen LogP contribution in [0.25, 0.3) is 0 Å². The maximum absolute atomic E-state index is 12.4. The summed E-state index contributed by atoms with van der Waals surface area (Å²) in [5.74, 6) is -1.19. The molecule has 3 amide bonds. The second-order valence-corrected chi connectivity index (χ2v) is 7.94. The van der Waals surface area contributed by atoms with Crippen molar-refractivity contribution < 1.29 is 32.6 Å².